The molecule has 0 aliphatic heterocycles. The minimum atomic E-state index is -0.862. The van der Waals surface area contributed by atoms with Crippen LogP contribution in [0.2, 0.25) is 5.02 Å². The van der Waals surface area contributed by atoms with Crippen LogP contribution in [0, 0.1) is 0 Å². The van der Waals surface area contributed by atoms with Crippen LogP contribution in [0.5, 0.6) is 5.75 Å². The Bertz CT molecular complexity index is 628. The maximum atomic E-state index is 10.8. The van der Waals surface area contributed by atoms with Crippen LogP contribution in [-0.4, -0.2) is 11.1 Å². The maximum absolute atomic E-state index is 10.8. The van der Waals surface area contributed by atoms with E-state index in [1.54, 1.807) is 18.2 Å². The summed E-state index contributed by atoms with van der Waals surface area (Å²) in [5.41, 5.74) is 1.59. The summed E-state index contributed by atoms with van der Waals surface area (Å²) in [5, 5.41) is 9.39. The average Bonchev–Trinajstić information content (AvgIpc) is 2.39. The Kier molecular flexibility index (Phi) is 5.04. The molecule has 2 aromatic carbocycles. The second kappa shape index (κ2) is 6.77. The molecule has 20 heavy (non-hydrogen) atoms. The zero-order valence-electron chi connectivity index (χ0n) is 10.5. The van der Waals surface area contributed by atoms with Gasteiger partial charge < -0.3 is 9.84 Å². The van der Waals surface area contributed by atoms with Gasteiger partial charge in [0.15, 0.2) is 0 Å². The van der Waals surface area contributed by atoms with E-state index in [4.69, 9.17) is 21.4 Å². The van der Waals surface area contributed by atoms with Crippen LogP contribution in [0.25, 0.3) is 0 Å². The summed E-state index contributed by atoms with van der Waals surface area (Å²) in [6.45, 7) is 0.283. The number of hydrogen-bond acceptors (Lipinski definition) is 2. The normalized spacial score (nSPS) is 10.3. The molecule has 0 amide bonds. The first-order valence-corrected chi connectivity index (χ1v) is 7.10. The number of benzene rings is 2. The molecular formula is C15H12BrClO3. The van der Waals surface area contributed by atoms with E-state index in [9.17, 15) is 4.79 Å². The number of hydrogen-bond donors (Lipinski definition) is 1. The molecule has 5 heteroatoms. The Morgan fingerprint density at radius 2 is 1.90 bits per heavy atom. The smallest absolute Gasteiger partial charge is 0.307 e. The van der Waals surface area contributed by atoms with Gasteiger partial charge in [-0.25, -0.2) is 0 Å². The van der Waals surface area contributed by atoms with E-state index >= 15 is 0 Å². The molecule has 0 atom stereocenters. The molecule has 0 aromatic heterocycles. The molecule has 1 N–H and O–H groups in total. The topological polar surface area (TPSA) is 46.5 Å². The molecule has 0 saturated carbocycles. The standard InChI is InChI=1S/C15H12BrClO3/c16-12-5-6-14(13(17)8-12)20-9-11-4-2-1-3-10(11)7-15(18)19/h1-6,8H,7,9H2,(H,18,19). The number of carboxylic acid groups (broad SMARTS) is 1. The van der Waals surface area contributed by atoms with Crippen molar-refractivity contribution < 1.29 is 14.6 Å². The minimum absolute atomic E-state index is 0.0202. The van der Waals surface area contributed by atoms with Crippen molar-refractivity contribution in [2.75, 3.05) is 0 Å². The molecule has 0 bridgehead atoms. The lowest BCUT2D eigenvalue weighted by atomic mass is 10.1. The van der Waals surface area contributed by atoms with Gasteiger partial charge >= 0.3 is 5.97 Å². The van der Waals surface area contributed by atoms with Gasteiger partial charge in [0.2, 0.25) is 0 Å². The predicted molar refractivity (Wildman–Crippen MR) is 81.3 cm³/mol. The SMILES string of the molecule is O=C(O)Cc1ccccc1COc1ccc(Br)cc1Cl. The summed E-state index contributed by atoms with van der Waals surface area (Å²) < 4.78 is 6.53. The molecule has 0 radical (unpaired) electrons. The van der Waals surface area contributed by atoms with Gasteiger partial charge in [0.1, 0.15) is 12.4 Å². The summed E-state index contributed by atoms with van der Waals surface area (Å²) in [5.74, 6) is -0.292. The lowest BCUT2D eigenvalue weighted by molar-refractivity contribution is -0.136. The second-order valence-corrected chi connectivity index (χ2v) is 5.53. The summed E-state index contributed by atoms with van der Waals surface area (Å²) >= 11 is 9.40. The number of carbonyl (C=O) groups is 1. The van der Waals surface area contributed by atoms with Crippen molar-refractivity contribution in [1.82, 2.24) is 0 Å². The van der Waals surface area contributed by atoms with Gasteiger partial charge in [0.05, 0.1) is 11.4 Å². The Hall–Kier alpha value is -1.52. The Labute approximate surface area is 130 Å². The number of halogens is 2. The van der Waals surface area contributed by atoms with Gasteiger partial charge in [-0.1, -0.05) is 51.8 Å². The monoisotopic (exact) mass is 354 g/mol. The van der Waals surface area contributed by atoms with Crippen molar-refractivity contribution in [2.45, 2.75) is 13.0 Å². The fourth-order valence-corrected chi connectivity index (χ4v) is 2.51. The Morgan fingerprint density at radius 3 is 2.55 bits per heavy atom. The van der Waals surface area contributed by atoms with Gasteiger partial charge in [-0.05, 0) is 29.3 Å². The minimum Gasteiger partial charge on any atom is -0.487 e. The molecule has 0 saturated heterocycles. The van der Waals surface area contributed by atoms with E-state index in [2.05, 4.69) is 15.9 Å². The molecule has 0 aliphatic carbocycles. The fourth-order valence-electron chi connectivity index (χ4n) is 1.78. The third-order valence-electron chi connectivity index (χ3n) is 2.74. The van der Waals surface area contributed by atoms with Gasteiger partial charge in [0, 0.05) is 4.47 Å². The van der Waals surface area contributed by atoms with E-state index < -0.39 is 5.97 Å². The number of carboxylic acids is 1. The largest absolute Gasteiger partial charge is 0.487 e. The summed E-state index contributed by atoms with van der Waals surface area (Å²) in [6.07, 6.45) is -0.0202. The lowest BCUT2D eigenvalue weighted by Gasteiger charge is -2.11. The van der Waals surface area contributed by atoms with Crippen LogP contribution < -0.4 is 4.74 Å². The highest BCUT2D eigenvalue weighted by molar-refractivity contribution is 9.10. The lowest BCUT2D eigenvalue weighted by Crippen LogP contribution is -2.06. The summed E-state index contributed by atoms with van der Waals surface area (Å²) in [7, 11) is 0. The molecule has 2 rings (SSSR count). The van der Waals surface area contributed by atoms with Gasteiger partial charge in [-0.3, -0.25) is 4.79 Å². The van der Waals surface area contributed by atoms with Crippen molar-refractivity contribution in [1.29, 1.82) is 0 Å². The molecule has 0 heterocycles. The molecular weight excluding hydrogens is 344 g/mol. The van der Waals surface area contributed by atoms with Crippen molar-refractivity contribution in [2.24, 2.45) is 0 Å². The first-order valence-electron chi connectivity index (χ1n) is 5.92. The van der Waals surface area contributed by atoms with Crippen LogP contribution in [0.4, 0.5) is 0 Å². The zero-order valence-corrected chi connectivity index (χ0v) is 12.8. The van der Waals surface area contributed by atoms with Gasteiger partial charge in [-0.2, -0.15) is 0 Å². The molecule has 0 fully saturated rings. The van der Waals surface area contributed by atoms with Crippen molar-refractivity contribution in [3.05, 3.63) is 63.1 Å². The molecule has 2 aromatic rings. The van der Waals surface area contributed by atoms with Crippen molar-refractivity contribution in [3.63, 3.8) is 0 Å². The first kappa shape index (κ1) is 14.9. The quantitative estimate of drug-likeness (QED) is 0.869. The summed E-state index contributed by atoms with van der Waals surface area (Å²) in [6, 6.07) is 12.7. The molecule has 0 aliphatic rings. The first-order chi connectivity index (χ1) is 9.56. The Morgan fingerprint density at radius 1 is 1.20 bits per heavy atom. The van der Waals surface area contributed by atoms with Gasteiger partial charge in [0.25, 0.3) is 0 Å². The van der Waals surface area contributed by atoms with Crippen LogP contribution in [0.1, 0.15) is 11.1 Å². The predicted octanol–water partition coefficient (Wildman–Crippen LogP) is 4.31. The second-order valence-electron chi connectivity index (χ2n) is 4.20. The van der Waals surface area contributed by atoms with Crippen molar-refractivity contribution >= 4 is 33.5 Å². The molecule has 3 nitrogen and oxygen atoms in total. The maximum Gasteiger partial charge on any atom is 0.307 e. The van der Waals surface area contributed by atoms with E-state index in [-0.39, 0.29) is 13.0 Å². The number of rotatable bonds is 5. The highest BCUT2D eigenvalue weighted by Crippen LogP contribution is 2.28. The zero-order chi connectivity index (χ0) is 14.5. The Balaban J connectivity index is 2.12. The molecule has 104 valence electrons. The van der Waals surface area contributed by atoms with Gasteiger partial charge in [-0.15, -0.1) is 0 Å². The van der Waals surface area contributed by atoms with Crippen LogP contribution in [-0.2, 0) is 17.8 Å². The highest BCUT2D eigenvalue weighted by Gasteiger charge is 2.08. The number of ether oxygens (including phenoxy) is 1. The van der Waals surface area contributed by atoms with E-state index in [1.165, 1.54) is 0 Å². The van der Waals surface area contributed by atoms with Crippen LogP contribution in [0.15, 0.2) is 46.9 Å². The molecule has 0 unspecified atom stereocenters. The third-order valence-corrected chi connectivity index (χ3v) is 3.53. The third kappa shape index (κ3) is 3.99. The average molecular weight is 356 g/mol. The molecule has 0 spiro atoms. The van der Waals surface area contributed by atoms with Crippen LogP contribution >= 0.6 is 27.5 Å². The summed E-state index contributed by atoms with van der Waals surface area (Å²) in [4.78, 5) is 10.8. The highest BCUT2D eigenvalue weighted by atomic mass is 79.9. The fraction of sp³-hybridized carbons (Fsp3) is 0.133. The van der Waals surface area contributed by atoms with E-state index in [0.717, 1.165) is 15.6 Å². The number of aliphatic carboxylic acids is 1. The van der Waals surface area contributed by atoms with Crippen LogP contribution in [0.3, 0.4) is 0 Å². The van der Waals surface area contributed by atoms with E-state index in [1.807, 2.05) is 24.3 Å². The van der Waals surface area contributed by atoms with Crippen molar-refractivity contribution in [3.8, 4) is 5.75 Å². The van der Waals surface area contributed by atoms with E-state index in [0.29, 0.717) is 10.8 Å².